The van der Waals surface area contributed by atoms with Crippen LogP contribution in [0.3, 0.4) is 0 Å². The standard InChI is InChI=1S/C17H12F6N2O2/c18-16(19,20)11-6-10(7-12(8-11)17(21,22)23)15(27)25-13(14(24)26)9-4-2-1-3-5-9/h1-8,13H,(H2,24,26)(H,25,27). The minimum absolute atomic E-state index is 0.0977. The van der Waals surface area contributed by atoms with E-state index in [1.807, 2.05) is 0 Å². The Hall–Kier alpha value is -3.04. The van der Waals surface area contributed by atoms with Crippen LogP contribution in [0, 0.1) is 0 Å². The first-order valence-electron chi connectivity index (χ1n) is 7.34. The summed E-state index contributed by atoms with van der Waals surface area (Å²) in [5, 5.41) is 2.06. The number of carbonyl (C=O) groups is 2. The zero-order chi connectivity index (χ0) is 20.4. The van der Waals surface area contributed by atoms with Crippen molar-refractivity contribution in [1.29, 1.82) is 0 Å². The summed E-state index contributed by atoms with van der Waals surface area (Å²) in [5.74, 6) is -2.34. The van der Waals surface area contributed by atoms with Gasteiger partial charge in [0.1, 0.15) is 6.04 Å². The maximum atomic E-state index is 12.9. The van der Waals surface area contributed by atoms with Crippen molar-refractivity contribution >= 4 is 11.8 Å². The molecule has 0 spiro atoms. The van der Waals surface area contributed by atoms with Gasteiger partial charge in [0.2, 0.25) is 5.91 Å². The molecule has 0 fully saturated rings. The average molecular weight is 390 g/mol. The third-order valence-corrected chi connectivity index (χ3v) is 3.54. The molecule has 2 amide bonds. The van der Waals surface area contributed by atoms with Gasteiger partial charge in [-0.25, -0.2) is 0 Å². The molecule has 2 aromatic rings. The largest absolute Gasteiger partial charge is 0.416 e. The fourth-order valence-electron chi connectivity index (χ4n) is 2.26. The topological polar surface area (TPSA) is 72.2 Å². The van der Waals surface area contributed by atoms with Crippen molar-refractivity contribution in [1.82, 2.24) is 5.32 Å². The Kier molecular flexibility index (Phi) is 5.48. The summed E-state index contributed by atoms with van der Waals surface area (Å²) in [5.41, 5.74) is 1.22. The molecule has 3 N–H and O–H groups in total. The normalized spacial score (nSPS) is 13.1. The number of benzene rings is 2. The van der Waals surface area contributed by atoms with Gasteiger partial charge in [-0.15, -0.1) is 0 Å². The molecule has 2 rings (SSSR count). The molecule has 10 heteroatoms. The molecule has 0 aliphatic carbocycles. The zero-order valence-electron chi connectivity index (χ0n) is 13.4. The second-order valence-corrected chi connectivity index (χ2v) is 5.51. The summed E-state index contributed by atoms with van der Waals surface area (Å²) < 4.78 is 77.3. The smallest absolute Gasteiger partial charge is 0.368 e. The van der Waals surface area contributed by atoms with Crippen LogP contribution in [-0.2, 0) is 17.1 Å². The fraction of sp³-hybridized carbons (Fsp3) is 0.176. The number of rotatable bonds is 4. The molecule has 1 atom stereocenters. The third-order valence-electron chi connectivity index (χ3n) is 3.54. The summed E-state index contributed by atoms with van der Waals surface area (Å²) in [4.78, 5) is 23.8. The molecular formula is C17H12F6N2O2. The van der Waals surface area contributed by atoms with E-state index in [0.29, 0.717) is 0 Å². The Morgan fingerprint density at radius 2 is 1.33 bits per heavy atom. The first-order valence-corrected chi connectivity index (χ1v) is 7.34. The van der Waals surface area contributed by atoms with Crippen molar-refractivity contribution in [3.63, 3.8) is 0 Å². The average Bonchev–Trinajstić information content (AvgIpc) is 2.58. The molecule has 2 aromatic carbocycles. The Labute approximate surface area is 149 Å². The molecule has 0 bridgehead atoms. The summed E-state index contributed by atoms with van der Waals surface area (Å²) in [6, 6.07) is 6.49. The first-order chi connectivity index (χ1) is 12.4. The Morgan fingerprint density at radius 1 is 0.852 bits per heavy atom. The summed E-state index contributed by atoms with van der Waals surface area (Å²) in [7, 11) is 0. The molecule has 0 aliphatic heterocycles. The molecule has 0 heterocycles. The van der Waals surface area contributed by atoms with Crippen molar-refractivity contribution in [3.05, 3.63) is 70.8 Å². The Morgan fingerprint density at radius 3 is 1.74 bits per heavy atom. The molecule has 0 saturated carbocycles. The number of primary amides is 1. The number of carbonyl (C=O) groups excluding carboxylic acids is 2. The minimum Gasteiger partial charge on any atom is -0.368 e. The van der Waals surface area contributed by atoms with Crippen molar-refractivity contribution in [2.45, 2.75) is 18.4 Å². The number of hydrogen-bond acceptors (Lipinski definition) is 2. The van der Waals surface area contributed by atoms with Gasteiger partial charge in [0.05, 0.1) is 11.1 Å². The van der Waals surface area contributed by atoms with E-state index in [9.17, 15) is 35.9 Å². The van der Waals surface area contributed by atoms with E-state index in [1.54, 1.807) is 6.07 Å². The van der Waals surface area contributed by atoms with Gasteiger partial charge < -0.3 is 11.1 Å². The van der Waals surface area contributed by atoms with Gasteiger partial charge in [-0.2, -0.15) is 26.3 Å². The van der Waals surface area contributed by atoms with Crippen molar-refractivity contribution < 1.29 is 35.9 Å². The molecule has 0 aromatic heterocycles. The van der Waals surface area contributed by atoms with Crippen molar-refractivity contribution in [3.8, 4) is 0 Å². The van der Waals surface area contributed by atoms with E-state index in [0.717, 1.165) is 0 Å². The summed E-state index contributed by atoms with van der Waals surface area (Å²) >= 11 is 0. The molecule has 0 saturated heterocycles. The minimum atomic E-state index is -5.10. The molecular weight excluding hydrogens is 378 g/mol. The Balaban J connectivity index is 2.44. The maximum absolute atomic E-state index is 12.9. The van der Waals surface area contributed by atoms with Crippen LogP contribution in [0.25, 0.3) is 0 Å². The molecule has 144 valence electrons. The van der Waals surface area contributed by atoms with Gasteiger partial charge in [0, 0.05) is 5.56 Å². The van der Waals surface area contributed by atoms with Crippen LogP contribution in [0.5, 0.6) is 0 Å². The number of hydrogen-bond donors (Lipinski definition) is 2. The maximum Gasteiger partial charge on any atom is 0.416 e. The van der Waals surface area contributed by atoms with Crippen molar-refractivity contribution in [2.75, 3.05) is 0 Å². The highest BCUT2D eigenvalue weighted by Gasteiger charge is 2.37. The molecule has 0 aliphatic rings. The predicted octanol–water partition coefficient (Wildman–Crippen LogP) is 3.68. The lowest BCUT2D eigenvalue weighted by Gasteiger charge is -2.18. The summed E-state index contributed by atoms with van der Waals surface area (Å²) in [6.45, 7) is 0. The van der Waals surface area contributed by atoms with Crippen LogP contribution < -0.4 is 11.1 Å². The molecule has 27 heavy (non-hydrogen) atoms. The number of halogens is 6. The predicted molar refractivity (Wildman–Crippen MR) is 82.3 cm³/mol. The quantitative estimate of drug-likeness (QED) is 0.782. The fourth-order valence-corrected chi connectivity index (χ4v) is 2.26. The van der Waals surface area contributed by atoms with Crippen LogP contribution in [-0.4, -0.2) is 11.8 Å². The second kappa shape index (κ2) is 7.29. The van der Waals surface area contributed by atoms with Gasteiger partial charge >= 0.3 is 12.4 Å². The van der Waals surface area contributed by atoms with Gasteiger partial charge in [-0.05, 0) is 23.8 Å². The van der Waals surface area contributed by atoms with Gasteiger partial charge in [-0.3, -0.25) is 9.59 Å². The lowest BCUT2D eigenvalue weighted by atomic mass is 10.0. The number of alkyl halides is 6. The molecule has 4 nitrogen and oxygen atoms in total. The van der Waals surface area contributed by atoms with E-state index >= 15 is 0 Å². The van der Waals surface area contributed by atoms with Gasteiger partial charge in [-0.1, -0.05) is 30.3 Å². The highest BCUT2D eigenvalue weighted by atomic mass is 19.4. The molecule has 1 unspecified atom stereocenters. The van der Waals surface area contributed by atoms with Gasteiger partial charge in [0.25, 0.3) is 5.91 Å². The van der Waals surface area contributed by atoms with Crippen LogP contribution in [0.2, 0.25) is 0 Å². The second-order valence-electron chi connectivity index (χ2n) is 5.51. The van der Waals surface area contributed by atoms with E-state index in [-0.39, 0.29) is 23.8 Å². The van der Waals surface area contributed by atoms with E-state index in [2.05, 4.69) is 5.32 Å². The number of nitrogens with two attached hydrogens (primary N) is 1. The lowest BCUT2D eigenvalue weighted by molar-refractivity contribution is -0.143. The summed E-state index contributed by atoms with van der Waals surface area (Å²) in [6.07, 6.45) is -10.2. The number of amides is 2. The monoisotopic (exact) mass is 390 g/mol. The van der Waals surface area contributed by atoms with Crippen molar-refractivity contribution in [2.24, 2.45) is 5.73 Å². The van der Waals surface area contributed by atoms with Crippen LogP contribution in [0.15, 0.2) is 48.5 Å². The van der Waals surface area contributed by atoms with Gasteiger partial charge in [0.15, 0.2) is 0 Å². The van der Waals surface area contributed by atoms with Crippen LogP contribution in [0.4, 0.5) is 26.3 Å². The van der Waals surface area contributed by atoms with Crippen LogP contribution >= 0.6 is 0 Å². The zero-order valence-corrected chi connectivity index (χ0v) is 13.4. The lowest BCUT2D eigenvalue weighted by Crippen LogP contribution is -2.37. The van der Waals surface area contributed by atoms with E-state index < -0.39 is 46.9 Å². The first kappa shape index (κ1) is 20.3. The van der Waals surface area contributed by atoms with Crippen LogP contribution in [0.1, 0.15) is 33.1 Å². The van der Waals surface area contributed by atoms with E-state index in [4.69, 9.17) is 5.73 Å². The highest BCUT2D eigenvalue weighted by molar-refractivity contribution is 5.98. The van der Waals surface area contributed by atoms with E-state index in [1.165, 1.54) is 24.3 Å². The Bertz CT molecular complexity index is 814. The number of nitrogens with one attached hydrogen (secondary N) is 1. The molecule has 0 radical (unpaired) electrons. The SMILES string of the molecule is NC(=O)C(NC(=O)c1cc(C(F)(F)F)cc(C(F)(F)F)c1)c1ccccc1. The third kappa shape index (κ3) is 4.99. The highest BCUT2D eigenvalue weighted by Crippen LogP contribution is 2.36.